The molecule has 1 atom stereocenters. The van der Waals surface area contributed by atoms with Crippen molar-refractivity contribution in [1.82, 2.24) is 9.38 Å². The van der Waals surface area contributed by atoms with Crippen molar-refractivity contribution in [3.8, 4) is 0 Å². The molecule has 1 aromatic carbocycles. The lowest BCUT2D eigenvalue weighted by molar-refractivity contribution is 0.582. The summed E-state index contributed by atoms with van der Waals surface area (Å²) < 4.78 is 2.14. The Morgan fingerprint density at radius 3 is 2.95 bits per heavy atom. The highest BCUT2D eigenvalue weighted by Gasteiger charge is 2.27. The fourth-order valence-electron chi connectivity index (χ4n) is 3.35. The molecule has 0 saturated heterocycles. The molecule has 4 rings (SSSR count). The Hall–Kier alpha value is -2.33. The summed E-state index contributed by atoms with van der Waals surface area (Å²) in [5.74, 6) is 1.16. The molecular weight excluding hydrogens is 260 g/mol. The lowest BCUT2D eigenvalue weighted by Crippen LogP contribution is -2.40. The second-order valence-electron chi connectivity index (χ2n) is 5.43. The third-order valence-electron chi connectivity index (χ3n) is 4.34. The number of aromatic nitrogens is 2. The Kier molecular flexibility index (Phi) is 2.89. The van der Waals surface area contributed by atoms with Crippen LogP contribution in [0.15, 0.2) is 54.9 Å². The van der Waals surface area contributed by atoms with Gasteiger partial charge in [-0.3, -0.25) is 4.40 Å². The Labute approximate surface area is 123 Å². The van der Waals surface area contributed by atoms with Crippen LogP contribution < -0.4 is 10.6 Å². The first-order chi connectivity index (χ1) is 10.4. The second kappa shape index (κ2) is 4.90. The summed E-state index contributed by atoms with van der Waals surface area (Å²) in [6.07, 6.45) is 4.91. The zero-order valence-corrected chi connectivity index (χ0v) is 11.8. The summed E-state index contributed by atoms with van der Waals surface area (Å²) in [6.45, 7) is 1.60. The number of nitrogens with zero attached hydrogens (tertiary/aromatic N) is 3. The largest absolute Gasteiger partial charge is 0.349 e. The molecule has 106 valence electrons. The molecule has 0 bridgehead atoms. The lowest BCUT2D eigenvalue weighted by atomic mass is 9.92. The van der Waals surface area contributed by atoms with Crippen molar-refractivity contribution in [3.05, 3.63) is 66.0 Å². The topological polar surface area (TPSA) is 46.6 Å². The minimum Gasteiger partial charge on any atom is -0.349 e. The highest BCUT2D eigenvalue weighted by molar-refractivity contribution is 5.55. The molecular formula is C17H18N4. The molecule has 0 aliphatic carbocycles. The van der Waals surface area contributed by atoms with Crippen molar-refractivity contribution in [2.24, 2.45) is 5.73 Å². The quantitative estimate of drug-likeness (QED) is 0.783. The molecule has 2 aromatic heterocycles. The van der Waals surface area contributed by atoms with Gasteiger partial charge in [-0.15, -0.1) is 0 Å². The molecule has 21 heavy (non-hydrogen) atoms. The zero-order valence-electron chi connectivity index (χ0n) is 11.8. The first-order valence-electron chi connectivity index (χ1n) is 7.35. The van der Waals surface area contributed by atoms with Gasteiger partial charge in [0.2, 0.25) is 0 Å². The zero-order chi connectivity index (χ0) is 14.2. The molecule has 2 N–H and O–H groups in total. The summed E-state index contributed by atoms with van der Waals surface area (Å²) in [5.41, 5.74) is 9.84. The number of anilines is 1. The van der Waals surface area contributed by atoms with Crippen molar-refractivity contribution in [2.75, 3.05) is 18.0 Å². The number of pyridine rings is 1. The van der Waals surface area contributed by atoms with Gasteiger partial charge in [-0.05, 0) is 29.7 Å². The van der Waals surface area contributed by atoms with E-state index in [1.54, 1.807) is 0 Å². The van der Waals surface area contributed by atoms with Gasteiger partial charge in [0, 0.05) is 25.5 Å². The van der Waals surface area contributed by atoms with E-state index in [0.29, 0.717) is 6.54 Å². The van der Waals surface area contributed by atoms with Crippen LogP contribution in [0.25, 0.3) is 5.65 Å². The van der Waals surface area contributed by atoms with E-state index in [4.69, 9.17) is 5.73 Å². The lowest BCUT2D eigenvalue weighted by Gasteiger charge is -2.38. The Morgan fingerprint density at radius 1 is 1.14 bits per heavy atom. The number of rotatable bonds is 2. The number of fused-ring (bicyclic) bond motifs is 2. The Balaban J connectivity index is 1.84. The summed E-state index contributed by atoms with van der Waals surface area (Å²) in [5, 5.41) is 0. The molecule has 1 unspecified atom stereocenters. The minimum absolute atomic E-state index is 0.225. The van der Waals surface area contributed by atoms with E-state index in [1.165, 1.54) is 11.1 Å². The van der Waals surface area contributed by atoms with Gasteiger partial charge in [-0.2, -0.15) is 0 Å². The van der Waals surface area contributed by atoms with E-state index in [9.17, 15) is 0 Å². The van der Waals surface area contributed by atoms with Crippen LogP contribution in [0.3, 0.4) is 0 Å². The van der Waals surface area contributed by atoms with E-state index >= 15 is 0 Å². The van der Waals surface area contributed by atoms with Crippen molar-refractivity contribution in [3.63, 3.8) is 0 Å². The molecule has 3 aromatic rings. The van der Waals surface area contributed by atoms with E-state index in [2.05, 4.69) is 50.7 Å². The third-order valence-corrected chi connectivity index (χ3v) is 4.34. The predicted octanol–water partition coefficient (Wildman–Crippen LogP) is 2.40. The molecule has 4 nitrogen and oxygen atoms in total. The Bertz CT molecular complexity index is 777. The van der Waals surface area contributed by atoms with Gasteiger partial charge in [0.1, 0.15) is 11.5 Å². The highest BCUT2D eigenvalue weighted by Crippen LogP contribution is 2.33. The average Bonchev–Trinajstić information content (AvgIpc) is 3.02. The number of hydrogen-bond acceptors (Lipinski definition) is 3. The van der Waals surface area contributed by atoms with Crippen LogP contribution >= 0.6 is 0 Å². The van der Waals surface area contributed by atoms with Gasteiger partial charge in [-0.1, -0.05) is 30.3 Å². The smallest absolute Gasteiger partial charge is 0.138 e. The minimum atomic E-state index is 0.225. The molecule has 0 amide bonds. The van der Waals surface area contributed by atoms with Gasteiger partial charge < -0.3 is 10.6 Å². The first kappa shape index (κ1) is 12.4. The standard InChI is InChI=1S/C17H18N4/c18-12-15-14-5-2-1-4-13(14)8-10-20(15)17-7-3-6-16-19-9-11-21(16)17/h1-7,9,11,15H,8,10,12,18H2. The summed E-state index contributed by atoms with van der Waals surface area (Å²) >= 11 is 0. The molecule has 1 aliphatic heterocycles. The van der Waals surface area contributed by atoms with E-state index < -0.39 is 0 Å². The molecule has 3 heterocycles. The van der Waals surface area contributed by atoms with Crippen LogP contribution in [-0.2, 0) is 6.42 Å². The van der Waals surface area contributed by atoms with Crippen molar-refractivity contribution in [1.29, 1.82) is 0 Å². The van der Waals surface area contributed by atoms with Crippen LogP contribution in [0.1, 0.15) is 17.2 Å². The van der Waals surface area contributed by atoms with Crippen LogP contribution in [-0.4, -0.2) is 22.5 Å². The molecule has 0 radical (unpaired) electrons. The maximum Gasteiger partial charge on any atom is 0.138 e. The van der Waals surface area contributed by atoms with Crippen LogP contribution in [0.5, 0.6) is 0 Å². The van der Waals surface area contributed by atoms with E-state index in [0.717, 1.165) is 24.4 Å². The van der Waals surface area contributed by atoms with E-state index in [-0.39, 0.29) is 6.04 Å². The summed E-state index contributed by atoms with van der Waals surface area (Å²) in [4.78, 5) is 6.77. The third kappa shape index (κ3) is 1.91. The fraction of sp³-hybridized carbons (Fsp3) is 0.235. The summed E-state index contributed by atoms with van der Waals surface area (Å²) in [7, 11) is 0. The SMILES string of the molecule is NCC1c2ccccc2CCN1c1cccc2nccn12. The first-order valence-corrected chi connectivity index (χ1v) is 7.35. The number of nitrogens with two attached hydrogens (primary N) is 1. The normalized spacial score (nSPS) is 18.0. The predicted molar refractivity (Wildman–Crippen MR) is 84.5 cm³/mol. The number of hydrogen-bond donors (Lipinski definition) is 1. The maximum atomic E-state index is 6.10. The van der Waals surface area contributed by atoms with Crippen molar-refractivity contribution >= 4 is 11.5 Å². The summed E-state index contributed by atoms with van der Waals surface area (Å²) in [6, 6.07) is 15.1. The van der Waals surface area contributed by atoms with Gasteiger partial charge in [0.05, 0.1) is 6.04 Å². The van der Waals surface area contributed by atoms with Gasteiger partial charge >= 0.3 is 0 Å². The van der Waals surface area contributed by atoms with Crippen LogP contribution in [0.4, 0.5) is 5.82 Å². The van der Waals surface area contributed by atoms with E-state index in [1.807, 2.05) is 18.5 Å². The average molecular weight is 278 g/mol. The highest BCUT2D eigenvalue weighted by atomic mass is 15.3. The molecule has 0 saturated carbocycles. The monoisotopic (exact) mass is 278 g/mol. The molecule has 4 heteroatoms. The second-order valence-corrected chi connectivity index (χ2v) is 5.43. The fourth-order valence-corrected chi connectivity index (χ4v) is 3.35. The van der Waals surface area contributed by atoms with Crippen LogP contribution in [0, 0.1) is 0 Å². The van der Waals surface area contributed by atoms with Crippen LogP contribution in [0.2, 0.25) is 0 Å². The van der Waals surface area contributed by atoms with Gasteiger partial charge in [0.15, 0.2) is 0 Å². The Morgan fingerprint density at radius 2 is 2.05 bits per heavy atom. The number of benzene rings is 1. The van der Waals surface area contributed by atoms with Gasteiger partial charge in [-0.25, -0.2) is 4.98 Å². The van der Waals surface area contributed by atoms with Crippen molar-refractivity contribution in [2.45, 2.75) is 12.5 Å². The molecule has 1 aliphatic rings. The molecule has 0 fully saturated rings. The van der Waals surface area contributed by atoms with Gasteiger partial charge in [0.25, 0.3) is 0 Å². The van der Waals surface area contributed by atoms with Crippen molar-refractivity contribution < 1.29 is 0 Å². The maximum absolute atomic E-state index is 6.10. The number of imidazole rings is 1. The molecule has 0 spiro atoms.